The number of rotatable bonds is 3. The Morgan fingerprint density at radius 1 is 1.28 bits per heavy atom. The fraction of sp³-hybridized carbons (Fsp3) is 0.647. The van der Waals surface area contributed by atoms with E-state index >= 15 is 0 Å². The number of carbonyl (C=O) groups excluding carboxylic acids is 2. The van der Waals surface area contributed by atoms with Gasteiger partial charge in [0.15, 0.2) is 0 Å². The lowest BCUT2D eigenvalue weighted by Crippen LogP contribution is -2.49. The monoisotopic (exact) mass is 347 g/mol. The highest BCUT2D eigenvalue weighted by Crippen LogP contribution is 2.28. The molecule has 1 aromatic heterocycles. The van der Waals surface area contributed by atoms with Gasteiger partial charge in [0.05, 0.1) is 6.54 Å². The number of amides is 2. The van der Waals surface area contributed by atoms with E-state index in [0.717, 1.165) is 19.4 Å². The fourth-order valence-corrected chi connectivity index (χ4v) is 3.68. The van der Waals surface area contributed by atoms with Crippen molar-refractivity contribution in [2.24, 2.45) is 5.92 Å². The zero-order chi connectivity index (χ0) is 18.1. The molecule has 0 unspecified atom stereocenters. The number of aryl methyl sites for hydroxylation is 1. The maximum atomic E-state index is 12.9. The lowest BCUT2D eigenvalue weighted by molar-refractivity contribution is -0.129. The van der Waals surface area contributed by atoms with Gasteiger partial charge in [-0.1, -0.05) is 0 Å². The molecule has 3 fully saturated rings. The predicted molar refractivity (Wildman–Crippen MR) is 92.3 cm³/mol. The van der Waals surface area contributed by atoms with Crippen LogP contribution in [0.1, 0.15) is 29.0 Å². The molecule has 25 heavy (non-hydrogen) atoms. The zero-order valence-electron chi connectivity index (χ0n) is 15.0. The quantitative estimate of drug-likeness (QED) is 0.811. The summed E-state index contributed by atoms with van der Waals surface area (Å²) in [5.74, 6) is 0.630. The molecular weight excluding hydrogens is 322 g/mol. The summed E-state index contributed by atoms with van der Waals surface area (Å²) in [6, 6.07) is 0.0296. The summed E-state index contributed by atoms with van der Waals surface area (Å²) in [7, 11) is 3.50. The molecular formula is C17H25N5O3. The Kier molecular flexibility index (Phi) is 4.89. The summed E-state index contributed by atoms with van der Waals surface area (Å²) >= 11 is 0. The number of piperidine rings is 1. The Morgan fingerprint density at radius 2 is 2.04 bits per heavy atom. The molecule has 2 atom stereocenters. The van der Waals surface area contributed by atoms with Crippen molar-refractivity contribution in [2.75, 3.05) is 40.3 Å². The van der Waals surface area contributed by atoms with Gasteiger partial charge in [0, 0.05) is 46.0 Å². The number of aromatic amines is 1. The van der Waals surface area contributed by atoms with Gasteiger partial charge in [-0.3, -0.25) is 19.3 Å². The molecule has 8 nitrogen and oxygen atoms in total. The van der Waals surface area contributed by atoms with E-state index in [4.69, 9.17) is 0 Å². The molecule has 3 aliphatic rings. The lowest BCUT2D eigenvalue weighted by atomic mass is 9.94. The third kappa shape index (κ3) is 3.73. The highest BCUT2D eigenvalue weighted by molar-refractivity contribution is 5.94. The Labute approximate surface area is 146 Å². The number of aromatic nitrogens is 2. The molecule has 0 spiro atoms. The van der Waals surface area contributed by atoms with Gasteiger partial charge in [-0.05, 0) is 25.7 Å². The summed E-state index contributed by atoms with van der Waals surface area (Å²) < 4.78 is 0. The smallest absolute Gasteiger partial charge is 0.263 e. The SMILES string of the molecule is Cc1ncc(C(=O)N2C[C@@H]3CC[C@H]2CN(CC(=O)N(C)C)C3)c(=O)[nH]1. The van der Waals surface area contributed by atoms with Gasteiger partial charge in [-0.15, -0.1) is 0 Å². The van der Waals surface area contributed by atoms with Crippen molar-refractivity contribution >= 4 is 11.8 Å². The number of fused-ring (bicyclic) bond motifs is 4. The van der Waals surface area contributed by atoms with Crippen LogP contribution in [0.4, 0.5) is 0 Å². The van der Waals surface area contributed by atoms with Gasteiger partial charge in [-0.2, -0.15) is 0 Å². The van der Waals surface area contributed by atoms with E-state index in [-0.39, 0.29) is 23.4 Å². The number of hydrogen-bond acceptors (Lipinski definition) is 5. The maximum absolute atomic E-state index is 12.9. The van der Waals surface area contributed by atoms with Crippen LogP contribution >= 0.6 is 0 Å². The minimum absolute atomic E-state index is 0.0296. The Balaban J connectivity index is 1.77. The molecule has 136 valence electrons. The number of likely N-dealkylation sites (N-methyl/N-ethyl adjacent to an activating group) is 1. The van der Waals surface area contributed by atoms with Crippen LogP contribution in [-0.4, -0.2) is 82.8 Å². The average Bonchev–Trinajstić information content (AvgIpc) is 2.84. The highest BCUT2D eigenvalue weighted by Gasteiger charge is 2.38. The Bertz CT molecular complexity index is 729. The van der Waals surface area contributed by atoms with Crippen molar-refractivity contribution in [3.63, 3.8) is 0 Å². The molecule has 3 saturated heterocycles. The summed E-state index contributed by atoms with van der Waals surface area (Å²) in [4.78, 5) is 49.2. The first kappa shape index (κ1) is 17.6. The van der Waals surface area contributed by atoms with Gasteiger partial charge in [0.2, 0.25) is 5.91 Å². The Morgan fingerprint density at radius 3 is 2.72 bits per heavy atom. The predicted octanol–water partition coefficient (Wildman–Crippen LogP) is -0.297. The van der Waals surface area contributed by atoms with Crippen molar-refractivity contribution in [3.8, 4) is 0 Å². The summed E-state index contributed by atoms with van der Waals surface area (Å²) in [6.07, 6.45) is 3.31. The van der Waals surface area contributed by atoms with Gasteiger partial charge < -0.3 is 14.8 Å². The van der Waals surface area contributed by atoms with E-state index in [1.807, 2.05) is 0 Å². The van der Waals surface area contributed by atoms with Gasteiger partial charge in [-0.25, -0.2) is 4.98 Å². The van der Waals surface area contributed by atoms with Crippen LogP contribution in [0.3, 0.4) is 0 Å². The van der Waals surface area contributed by atoms with Crippen molar-refractivity contribution in [2.45, 2.75) is 25.8 Å². The second-order valence-corrected chi connectivity index (χ2v) is 7.25. The molecule has 4 rings (SSSR count). The molecule has 3 aliphatic heterocycles. The molecule has 0 saturated carbocycles. The van der Waals surface area contributed by atoms with Crippen molar-refractivity contribution in [3.05, 3.63) is 27.9 Å². The third-order valence-electron chi connectivity index (χ3n) is 5.06. The van der Waals surface area contributed by atoms with Crippen LogP contribution in [0.25, 0.3) is 0 Å². The number of nitrogens with one attached hydrogen (secondary N) is 1. The van der Waals surface area contributed by atoms with Crippen LogP contribution in [0, 0.1) is 12.8 Å². The van der Waals surface area contributed by atoms with E-state index in [0.29, 0.717) is 31.4 Å². The first-order chi connectivity index (χ1) is 11.8. The molecule has 0 radical (unpaired) electrons. The van der Waals surface area contributed by atoms with Crippen LogP contribution in [0.2, 0.25) is 0 Å². The van der Waals surface area contributed by atoms with Gasteiger partial charge in [0.1, 0.15) is 11.4 Å². The standard InChI is InChI=1S/C17H25N5O3/c1-11-18-6-14(16(24)19-11)17(25)22-8-12-4-5-13(22)9-21(7-12)10-15(23)20(2)3/h6,12-13H,4-5,7-10H2,1-3H3,(H,18,19,24)/t12-,13+/m1/s1. The minimum atomic E-state index is -0.391. The van der Waals surface area contributed by atoms with E-state index in [9.17, 15) is 14.4 Å². The number of carbonyl (C=O) groups is 2. The van der Waals surface area contributed by atoms with Crippen molar-refractivity contribution in [1.82, 2.24) is 24.7 Å². The second-order valence-electron chi connectivity index (χ2n) is 7.25. The largest absolute Gasteiger partial charge is 0.348 e. The molecule has 1 aromatic rings. The van der Waals surface area contributed by atoms with E-state index in [1.54, 1.807) is 30.8 Å². The molecule has 0 aliphatic carbocycles. The summed E-state index contributed by atoms with van der Waals surface area (Å²) in [5.41, 5.74) is -0.300. The van der Waals surface area contributed by atoms with E-state index in [2.05, 4.69) is 14.9 Å². The van der Waals surface area contributed by atoms with Crippen molar-refractivity contribution in [1.29, 1.82) is 0 Å². The molecule has 8 heteroatoms. The minimum Gasteiger partial charge on any atom is -0.348 e. The van der Waals surface area contributed by atoms with E-state index in [1.165, 1.54) is 6.20 Å². The zero-order valence-corrected chi connectivity index (χ0v) is 15.0. The first-order valence-electron chi connectivity index (χ1n) is 8.64. The lowest BCUT2D eigenvalue weighted by Gasteiger charge is -2.36. The number of nitrogens with zero attached hydrogens (tertiary/aromatic N) is 4. The van der Waals surface area contributed by atoms with E-state index < -0.39 is 5.56 Å². The molecule has 0 aromatic carbocycles. The van der Waals surface area contributed by atoms with Crippen LogP contribution in [0.5, 0.6) is 0 Å². The summed E-state index contributed by atoms with van der Waals surface area (Å²) in [6.45, 7) is 4.16. The van der Waals surface area contributed by atoms with Crippen molar-refractivity contribution < 1.29 is 9.59 Å². The van der Waals surface area contributed by atoms with Crippen LogP contribution in [-0.2, 0) is 4.79 Å². The maximum Gasteiger partial charge on any atom is 0.263 e. The van der Waals surface area contributed by atoms with Crippen LogP contribution < -0.4 is 5.56 Å². The molecule has 2 amide bonds. The highest BCUT2D eigenvalue weighted by atomic mass is 16.2. The number of hydrogen-bond donors (Lipinski definition) is 1. The van der Waals surface area contributed by atoms with Crippen LogP contribution in [0.15, 0.2) is 11.0 Å². The molecule has 2 bridgehead atoms. The summed E-state index contributed by atoms with van der Waals surface area (Å²) in [5, 5.41) is 0. The van der Waals surface area contributed by atoms with Gasteiger partial charge in [0.25, 0.3) is 11.5 Å². The molecule has 4 heterocycles. The fourth-order valence-electron chi connectivity index (χ4n) is 3.68. The first-order valence-corrected chi connectivity index (χ1v) is 8.64. The third-order valence-corrected chi connectivity index (χ3v) is 5.06. The number of H-pyrrole nitrogens is 1. The van der Waals surface area contributed by atoms with Gasteiger partial charge >= 0.3 is 0 Å². The Hall–Kier alpha value is -2.22. The average molecular weight is 347 g/mol. The molecule has 1 N–H and O–H groups in total. The normalized spacial score (nSPS) is 23.4. The second kappa shape index (κ2) is 6.95. The topological polar surface area (TPSA) is 89.6 Å².